The van der Waals surface area contributed by atoms with E-state index in [1.165, 1.54) is 13.8 Å². The lowest BCUT2D eigenvalue weighted by Crippen LogP contribution is -2.51. The highest BCUT2D eigenvalue weighted by Gasteiger charge is 2.23. The van der Waals surface area contributed by atoms with Crippen molar-refractivity contribution in [3.63, 3.8) is 0 Å². The third-order valence-electron chi connectivity index (χ3n) is 1.73. The Hall–Kier alpha value is -1.50. The molecule has 3 atom stereocenters. The van der Waals surface area contributed by atoms with Crippen molar-refractivity contribution >= 4 is 12.2 Å². The summed E-state index contributed by atoms with van der Waals surface area (Å²) in [6.07, 6.45) is -3.64. The molecular weight excluding hydrogens is 192 g/mol. The molecular formula is C7H14N2O5. The number of carboxylic acid groups (broad SMARTS) is 2. The van der Waals surface area contributed by atoms with Crippen LogP contribution in [0, 0.1) is 0 Å². The lowest BCUT2D eigenvalue weighted by Gasteiger charge is -2.24. The van der Waals surface area contributed by atoms with E-state index in [1.54, 1.807) is 0 Å². The Morgan fingerprint density at radius 1 is 1.00 bits per heavy atom. The van der Waals surface area contributed by atoms with Crippen molar-refractivity contribution in [3.8, 4) is 0 Å². The van der Waals surface area contributed by atoms with Crippen molar-refractivity contribution in [2.24, 2.45) is 0 Å². The summed E-state index contributed by atoms with van der Waals surface area (Å²) in [4.78, 5) is 20.4. The molecule has 0 radical (unpaired) electrons. The fourth-order valence-electron chi connectivity index (χ4n) is 0.993. The highest BCUT2D eigenvalue weighted by atomic mass is 16.4. The normalized spacial score (nSPS) is 16.5. The first-order valence-electron chi connectivity index (χ1n) is 4.01. The van der Waals surface area contributed by atoms with Gasteiger partial charge in [0.2, 0.25) is 0 Å². The van der Waals surface area contributed by atoms with E-state index in [4.69, 9.17) is 10.2 Å². The largest absolute Gasteiger partial charge is 0.465 e. The second-order valence-electron chi connectivity index (χ2n) is 2.97. The van der Waals surface area contributed by atoms with E-state index < -0.39 is 30.4 Å². The molecule has 0 aliphatic heterocycles. The third kappa shape index (κ3) is 4.51. The fraction of sp³-hybridized carbons (Fsp3) is 0.714. The molecule has 0 rings (SSSR count). The van der Waals surface area contributed by atoms with Gasteiger partial charge in [-0.15, -0.1) is 0 Å². The van der Waals surface area contributed by atoms with Crippen molar-refractivity contribution in [3.05, 3.63) is 0 Å². The number of hydrogen-bond acceptors (Lipinski definition) is 3. The molecule has 0 saturated heterocycles. The summed E-state index contributed by atoms with van der Waals surface area (Å²) >= 11 is 0. The van der Waals surface area contributed by atoms with Crippen LogP contribution in [0.1, 0.15) is 13.8 Å². The molecule has 2 amide bonds. The highest BCUT2D eigenvalue weighted by molar-refractivity contribution is 5.65. The second-order valence-corrected chi connectivity index (χ2v) is 2.97. The van der Waals surface area contributed by atoms with Crippen LogP contribution in [0.25, 0.3) is 0 Å². The van der Waals surface area contributed by atoms with Gasteiger partial charge in [0, 0.05) is 0 Å². The number of nitrogens with one attached hydrogen (secondary N) is 2. The smallest absolute Gasteiger partial charge is 0.404 e. The Balaban J connectivity index is 4.09. The minimum Gasteiger partial charge on any atom is -0.465 e. The first-order chi connectivity index (χ1) is 6.34. The maximum atomic E-state index is 10.2. The Morgan fingerprint density at radius 2 is 1.29 bits per heavy atom. The zero-order chi connectivity index (χ0) is 11.3. The number of amides is 2. The summed E-state index contributed by atoms with van der Waals surface area (Å²) < 4.78 is 0. The van der Waals surface area contributed by atoms with Gasteiger partial charge in [-0.05, 0) is 13.8 Å². The van der Waals surface area contributed by atoms with Crippen LogP contribution >= 0.6 is 0 Å². The minimum absolute atomic E-state index is 0.741. The zero-order valence-corrected chi connectivity index (χ0v) is 7.89. The molecule has 0 spiro atoms. The summed E-state index contributed by atoms with van der Waals surface area (Å²) in [6.45, 7) is 2.89. The molecule has 0 aromatic rings. The number of carbonyl (C=O) groups is 2. The van der Waals surface area contributed by atoms with Gasteiger partial charge in [-0.1, -0.05) is 0 Å². The molecule has 0 bridgehead atoms. The van der Waals surface area contributed by atoms with Crippen molar-refractivity contribution in [1.82, 2.24) is 10.6 Å². The molecule has 0 aliphatic carbocycles. The lowest BCUT2D eigenvalue weighted by molar-refractivity contribution is 0.0936. The number of aliphatic hydroxyl groups is 1. The van der Waals surface area contributed by atoms with Crippen molar-refractivity contribution in [2.75, 3.05) is 0 Å². The van der Waals surface area contributed by atoms with Crippen LogP contribution in [-0.2, 0) is 0 Å². The van der Waals surface area contributed by atoms with Crippen molar-refractivity contribution in [2.45, 2.75) is 32.0 Å². The Labute approximate surface area is 80.7 Å². The first kappa shape index (κ1) is 12.5. The Bertz CT molecular complexity index is 198. The molecule has 82 valence electrons. The standard InChI is InChI=1S/C7H14N2O5/c1-3(8-6(11)12)5(10)4(2)9-7(13)14/h3-5,8-10H,1-2H3,(H,11,12)(H,13,14)/t3-,4+,5+. The summed E-state index contributed by atoms with van der Waals surface area (Å²) in [7, 11) is 0. The molecule has 0 aromatic heterocycles. The van der Waals surface area contributed by atoms with E-state index in [1.807, 2.05) is 10.6 Å². The number of rotatable bonds is 4. The molecule has 0 aromatic carbocycles. The van der Waals surface area contributed by atoms with Gasteiger partial charge in [-0.3, -0.25) is 0 Å². The van der Waals surface area contributed by atoms with Crippen LogP contribution in [-0.4, -0.2) is 45.7 Å². The molecule has 0 saturated carbocycles. The van der Waals surface area contributed by atoms with E-state index in [0.29, 0.717) is 0 Å². The van der Waals surface area contributed by atoms with Gasteiger partial charge in [-0.25, -0.2) is 9.59 Å². The average molecular weight is 206 g/mol. The van der Waals surface area contributed by atoms with Gasteiger partial charge in [0.25, 0.3) is 0 Å². The van der Waals surface area contributed by atoms with Crippen LogP contribution in [0.4, 0.5) is 9.59 Å². The topological polar surface area (TPSA) is 119 Å². The SMILES string of the molecule is C[C@H](NC(=O)O)[C@@H](O)[C@@H](C)NC(=O)O. The summed E-state index contributed by atoms with van der Waals surface area (Å²) in [6, 6.07) is -1.48. The van der Waals surface area contributed by atoms with Gasteiger partial charge < -0.3 is 26.0 Å². The quantitative estimate of drug-likeness (QED) is 0.431. The predicted octanol–water partition coefficient (Wildman–Crippen LogP) is -0.341. The van der Waals surface area contributed by atoms with Gasteiger partial charge in [0.05, 0.1) is 18.2 Å². The van der Waals surface area contributed by atoms with Crippen molar-refractivity contribution in [1.29, 1.82) is 0 Å². The van der Waals surface area contributed by atoms with E-state index >= 15 is 0 Å². The van der Waals surface area contributed by atoms with Crippen LogP contribution < -0.4 is 10.6 Å². The average Bonchev–Trinajstić information content (AvgIpc) is 2.00. The van der Waals surface area contributed by atoms with Crippen LogP contribution in [0.15, 0.2) is 0 Å². The summed E-state index contributed by atoms with van der Waals surface area (Å²) in [5.74, 6) is 0. The monoisotopic (exact) mass is 206 g/mol. The molecule has 7 heteroatoms. The number of aliphatic hydroxyl groups excluding tert-OH is 1. The summed E-state index contributed by atoms with van der Waals surface area (Å²) in [5.41, 5.74) is 0. The van der Waals surface area contributed by atoms with Crippen LogP contribution in [0.3, 0.4) is 0 Å². The Morgan fingerprint density at radius 3 is 1.50 bits per heavy atom. The maximum Gasteiger partial charge on any atom is 0.404 e. The minimum atomic E-state index is -1.26. The second kappa shape index (κ2) is 5.28. The van der Waals surface area contributed by atoms with E-state index in [-0.39, 0.29) is 0 Å². The van der Waals surface area contributed by atoms with Crippen LogP contribution in [0.2, 0.25) is 0 Å². The third-order valence-corrected chi connectivity index (χ3v) is 1.73. The predicted molar refractivity (Wildman–Crippen MR) is 47.3 cm³/mol. The fourth-order valence-corrected chi connectivity index (χ4v) is 0.993. The van der Waals surface area contributed by atoms with E-state index in [0.717, 1.165) is 0 Å². The molecule has 7 nitrogen and oxygen atoms in total. The highest BCUT2D eigenvalue weighted by Crippen LogP contribution is 1.99. The molecule has 0 fully saturated rings. The van der Waals surface area contributed by atoms with Gasteiger partial charge in [0.1, 0.15) is 0 Å². The first-order valence-corrected chi connectivity index (χ1v) is 4.01. The van der Waals surface area contributed by atoms with Crippen molar-refractivity contribution < 1.29 is 24.9 Å². The van der Waals surface area contributed by atoms with Gasteiger partial charge in [-0.2, -0.15) is 0 Å². The molecule has 0 aliphatic rings. The van der Waals surface area contributed by atoms with Gasteiger partial charge >= 0.3 is 12.2 Å². The number of hydrogen-bond donors (Lipinski definition) is 5. The van der Waals surface area contributed by atoms with E-state index in [9.17, 15) is 14.7 Å². The summed E-state index contributed by atoms with van der Waals surface area (Å²) in [5, 5.41) is 30.2. The zero-order valence-electron chi connectivity index (χ0n) is 7.89. The molecule has 0 unspecified atom stereocenters. The maximum absolute atomic E-state index is 10.2. The lowest BCUT2D eigenvalue weighted by atomic mass is 10.1. The van der Waals surface area contributed by atoms with E-state index in [2.05, 4.69) is 0 Å². The Kier molecular flexibility index (Phi) is 4.71. The molecule has 14 heavy (non-hydrogen) atoms. The molecule has 5 N–H and O–H groups in total. The van der Waals surface area contributed by atoms with Crippen LogP contribution in [0.5, 0.6) is 0 Å². The molecule has 0 heterocycles. The van der Waals surface area contributed by atoms with Gasteiger partial charge in [0.15, 0.2) is 0 Å².